The lowest BCUT2D eigenvalue weighted by molar-refractivity contribution is -0.143. The molecule has 0 saturated carbocycles. The average molecular weight is 520 g/mol. The molecule has 3 aromatic rings. The Balaban J connectivity index is 2.34. The van der Waals surface area contributed by atoms with Crippen molar-refractivity contribution >= 4 is 34.7 Å². The van der Waals surface area contributed by atoms with Gasteiger partial charge >= 0.3 is 5.97 Å². The molecule has 3 aromatic carbocycles. The maximum Gasteiger partial charge on any atom is 0.329 e. The normalized spacial score (nSPS) is 13.0. The average Bonchev–Trinajstić information content (AvgIpc) is 2.85. The van der Waals surface area contributed by atoms with E-state index in [1.165, 1.54) is 5.80 Å². The Morgan fingerprint density at radius 2 is 1.28 bits per heavy atom. The first-order chi connectivity index (χ1) is 17.0. The van der Waals surface area contributed by atoms with Gasteiger partial charge in [0.15, 0.2) is 14.1 Å². The van der Waals surface area contributed by atoms with Crippen molar-refractivity contribution in [1.82, 2.24) is 0 Å². The van der Waals surface area contributed by atoms with E-state index in [-0.39, 0.29) is 17.2 Å². The van der Waals surface area contributed by atoms with E-state index in [4.69, 9.17) is 9.16 Å². The number of hydrogen-bond donors (Lipinski definition) is 0. The van der Waals surface area contributed by atoms with E-state index in [1.54, 1.807) is 12.1 Å². The molecule has 0 N–H and O–H groups in total. The summed E-state index contributed by atoms with van der Waals surface area (Å²) < 4.78 is 13.1. The Morgan fingerprint density at radius 3 is 1.69 bits per heavy atom. The highest BCUT2D eigenvalue weighted by Gasteiger charge is 2.54. The zero-order valence-corrected chi connectivity index (χ0v) is 23.9. The largest absolute Gasteiger partial charge is 0.426 e. The summed E-state index contributed by atoms with van der Waals surface area (Å²) in [6.45, 7) is 10.7. The minimum absolute atomic E-state index is 0.0314. The van der Waals surface area contributed by atoms with Crippen LogP contribution >= 0.6 is 8.86 Å². The van der Waals surface area contributed by atoms with Gasteiger partial charge in [-0.15, -0.1) is 0 Å². The van der Waals surface area contributed by atoms with E-state index < -0.39 is 25.8 Å². The number of rotatable bonds is 10. The molecule has 4 nitrogen and oxygen atoms in total. The number of benzene rings is 3. The van der Waals surface area contributed by atoms with Gasteiger partial charge in [-0.05, 0) is 41.4 Å². The quantitative estimate of drug-likeness (QED) is 0.131. The summed E-state index contributed by atoms with van der Waals surface area (Å²) in [4.78, 5) is 27.4. The van der Waals surface area contributed by atoms with E-state index in [0.29, 0.717) is 5.75 Å². The first-order valence-corrected chi connectivity index (χ1v) is 15.7. The molecule has 0 amide bonds. The standard InChI is InChI=1S/C30H35O4PSi/c1-29(2,3)36(4,5)34-27(21-25(31)22-35)30(23-15-9-6-10-16-23,24-17-11-7-12-18-24)28(32)33-26-19-13-8-14-20-26/h6-20,22,27,35H,21H2,1-5H3/p+1/t27-/m1/s1. The molecule has 0 aliphatic rings. The lowest BCUT2D eigenvalue weighted by Crippen LogP contribution is -2.56. The molecule has 0 aliphatic heterocycles. The molecule has 188 valence electrons. The highest BCUT2D eigenvalue weighted by Crippen LogP contribution is 2.45. The fourth-order valence-corrected chi connectivity index (χ4v) is 5.51. The zero-order valence-electron chi connectivity index (χ0n) is 21.7. The van der Waals surface area contributed by atoms with Gasteiger partial charge in [-0.2, -0.15) is 0 Å². The summed E-state index contributed by atoms with van der Waals surface area (Å²) in [5, 5.41) is -0.137. The molecule has 0 aromatic heterocycles. The number of ketones is 1. The molecule has 0 heterocycles. The summed E-state index contributed by atoms with van der Waals surface area (Å²) in [7, 11) is -0.0634. The van der Waals surface area contributed by atoms with Crippen LogP contribution in [0.5, 0.6) is 5.75 Å². The highest BCUT2D eigenvalue weighted by atomic mass is 31.0. The first kappa shape index (κ1) is 27.7. The predicted molar refractivity (Wildman–Crippen MR) is 153 cm³/mol. The van der Waals surface area contributed by atoms with E-state index in [2.05, 4.69) is 42.7 Å². The molecule has 2 atom stereocenters. The first-order valence-electron chi connectivity index (χ1n) is 12.2. The fourth-order valence-electron chi connectivity index (χ4n) is 4.05. The van der Waals surface area contributed by atoms with Gasteiger partial charge < -0.3 is 9.16 Å². The van der Waals surface area contributed by atoms with Crippen LogP contribution in [-0.2, 0) is 19.4 Å². The minimum Gasteiger partial charge on any atom is -0.426 e. The fraction of sp³-hybridized carbons (Fsp3) is 0.300. The number of para-hydroxylation sites is 1. The van der Waals surface area contributed by atoms with Crippen molar-refractivity contribution in [2.45, 2.75) is 56.8 Å². The number of carbonyl (C=O) groups is 2. The predicted octanol–water partition coefficient (Wildman–Crippen LogP) is 6.61. The van der Waals surface area contributed by atoms with E-state index in [1.807, 2.05) is 78.9 Å². The van der Waals surface area contributed by atoms with Crippen LogP contribution < -0.4 is 4.74 Å². The number of hydrogen-bond acceptors (Lipinski definition) is 4. The molecule has 0 saturated heterocycles. The van der Waals surface area contributed by atoms with Crippen molar-refractivity contribution in [3.63, 3.8) is 0 Å². The Bertz CT molecular complexity index is 1130. The Hall–Kier alpha value is -2.85. The molecule has 3 rings (SSSR count). The van der Waals surface area contributed by atoms with Crippen molar-refractivity contribution in [3.05, 3.63) is 102 Å². The second kappa shape index (κ2) is 11.5. The highest BCUT2D eigenvalue weighted by molar-refractivity contribution is 7.22. The van der Waals surface area contributed by atoms with Crippen LogP contribution in [0.3, 0.4) is 0 Å². The lowest BCUT2D eigenvalue weighted by atomic mass is 9.69. The third kappa shape index (κ3) is 5.92. The van der Waals surface area contributed by atoms with Crippen LogP contribution in [0.4, 0.5) is 0 Å². The molecule has 0 fully saturated rings. The van der Waals surface area contributed by atoms with Crippen molar-refractivity contribution in [1.29, 1.82) is 0 Å². The van der Waals surface area contributed by atoms with Gasteiger partial charge in [-0.3, -0.25) is 9.59 Å². The van der Waals surface area contributed by atoms with Crippen LogP contribution in [0.2, 0.25) is 18.1 Å². The van der Waals surface area contributed by atoms with Crippen molar-refractivity contribution in [3.8, 4) is 5.75 Å². The second-order valence-electron chi connectivity index (χ2n) is 10.4. The Morgan fingerprint density at radius 1 is 0.833 bits per heavy atom. The monoisotopic (exact) mass is 519 g/mol. The van der Waals surface area contributed by atoms with E-state index >= 15 is 0 Å². The van der Waals surface area contributed by atoms with Crippen molar-refractivity contribution in [2.75, 3.05) is 0 Å². The van der Waals surface area contributed by atoms with Crippen LogP contribution in [0, 0.1) is 0 Å². The van der Waals surface area contributed by atoms with E-state index in [0.717, 1.165) is 11.1 Å². The Labute approximate surface area is 218 Å². The van der Waals surface area contributed by atoms with Gasteiger partial charge in [0.1, 0.15) is 17.0 Å². The third-order valence-electron chi connectivity index (χ3n) is 7.03. The molecular weight excluding hydrogens is 483 g/mol. The summed E-state index contributed by atoms with van der Waals surface area (Å²) in [5.74, 6) is 1.30. The van der Waals surface area contributed by atoms with Crippen LogP contribution in [0.15, 0.2) is 91.0 Å². The van der Waals surface area contributed by atoms with Crippen molar-refractivity contribution < 1.29 is 18.8 Å². The lowest BCUT2D eigenvalue weighted by Gasteiger charge is -2.46. The SMILES string of the molecule is CC(C)(C)[Si](C)(C)O[C@H](CC(=O)C=[PH2+])C(C(=O)Oc1ccccc1)(c1ccccc1)c1ccccc1. The van der Waals surface area contributed by atoms with Crippen LogP contribution in [-0.4, -0.2) is 32.0 Å². The van der Waals surface area contributed by atoms with Gasteiger partial charge in [0.05, 0.1) is 15.0 Å². The Kier molecular flexibility index (Phi) is 8.83. The molecule has 0 aliphatic carbocycles. The number of Topliss-reactive ketones (excluding diaryl/α,β-unsaturated/α-hetero) is 1. The molecule has 0 spiro atoms. The molecule has 0 bridgehead atoms. The van der Waals surface area contributed by atoms with Gasteiger partial charge in [-0.1, -0.05) is 99.6 Å². The number of esters is 1. The number of ether oxygens (including phenoxy) is 1. The second-order valence-corrected chi connectivity index (χ2v) is 15.5. The molecule has 36 heavy (non-hydrogen) atoms. The van der Waals surface area contributed by atoms with Gasteiger partial charge in [0, 0.05) is 6.42 Å². The third-order valence-corrected chi connectivity index (χ3v) is 11.9. The van der Waals surface area contributed by atoms with E-state index in [9.17, 15) is 9.59 Å². The van der Waals surface area contributed by atoms with Gasteiger partial charge in [0.25, 0.3) is 0 Å². The zero-order chi connectivity index (χ0) is 26.4. The summed E-state index contributed by atoms with van der Waals surface area (Å²) in [6.07, 6.45) is -0.757. The maximum absolute atomic E-state index is 14.5. The van der Waals surface area contributed by atoms with Crippen LogP contribution in [0.1, 0.15) is 38.3 Å². The summed E-state index contributed by atoms with van der Waals surface area (Å²) >= 11 is 0. The van der Waals surface area contributed by atoms with Gasteiger partial charge in [-0.25, -0.2) is 0 Å². The van der Waals surface area contributed by atoms with Gasteiger partial charge in [0.2, 0.25) is 0 Å². The molecular formula is C30H36O4PSi+. The molecule has 1 unspecified atom stereocenters. The topological polar surface area (TPSA) is 52.6 Å². The summed E-state index contributed by atoms with van der Waals surface area (Å²) in [5.41, 5.74) is 0.0619. The maximum atomic E-state index is 14.5. The molecule has 0 radical (unpaired) electrons. The number of carbonyl (C=O) groups excluding carboxylic acids is 2. The van der Waals surface area contributed by atoms with Crippen LogP contribution in [0.25, 0.3) is 0 Å². The minimum atomic E-state index is -2.44. The smallest absolute Gasteiger partial charge is 0.329 e. The molecule has 6 heteroatoms. The van der Waals surface area contributed by atoms with Crippen molar-refractivity contribution in [2.24, 2.45) is 0 Å². The summed E-state index contributed by atoms with van der Waals surface area (Å²) in [6, 6.07) is 28.1.